The predicted molar refractivity (Wildman–Crippen MR) is 76.4 cm³/mol. The van der Waals surface area contributed by atoms with E-state index in [2.05, 4.69) is 14.7 Å². The van der Waals surface area contributed by atoms with Crippen LogP contribution in [0.15, 0.2) is 24.5 Å². The predicted octanol–water partition coefficient (Wildman–Crippen LogP) is 2.13. The molecule has 0 bridgehead atoms. The Hall–Kier alpha value is -2.15. The molecule has 0 saturated carbocycles. The molecule has 0 saturated heterocycles. The lowest BCUT2D eigenvalue weighted by atomic mass is 10.1. The molecule has 0 aliphatic rings. The van der Waals surface area contributed by atoms with Crippen molar-refractivity contribution in [1.29, 1.82) is 0 Å². The summed E-state index contributed by atoms with van der Waals surface area (Å²) in [5.41, 5.74) is 1.01. The summed E-state index contributed by atoms with van der Waals surface area (Å²) in [6.07, 6.45) is 2.40. The van der Waals surface area contributed by atoms with Gasteiger partial charge in [-0.1, -0.05) is 6.07 Å². The summed E-state index contributed by atoms with van der Waals surface area (Å²) in [4.78, 5) is 15.6. The van der Waals surface area contributed by atoms with Gasteiger partial charge in [-0.2, -0.15) is 4.37 Å². The molecule has 2 aromatic rings. The lowest BCUT2D eigenvalue weighted by molar-refractivity contribution is -0.116. The van der Waals surface area contributed by atoms with Gasteiger partial charge in [-0.3, -0.25) is 4.79 Å². The van der Waals surface area contributed by atoms with E-state index in [-0.39, 0.29) is 5.91 Å². The van der Waals surface area contributed by atoms with Gasteiger partial charge in [0.1, 0.15) is 6.33 Å². The molecule has 0 unspecified atom stereocenters. The molecule has 1 aromatic carbocycles. The van der Waals surface area contributed by atoms with Crippen LogP contribution in [-0.2, 0) is 11.2 Å². The highest BCUT2D eigenvalue weighted by atomic mass is 32.1. The molecule has 0 radical (unpaired) electrons. The lowest BCUT2D eigenvalue weighted by Gasteiger charge is -2.09. The molecule has 0 spiro atoms. The summed E-state index contributed by atoms with van der Waals surface area (Å²) in [5.74, 6) is 1.25. The molecule has 0 fully saturated rings. The topological polar surface area (TPSA) is 73.3 Å². The first-order chi connectivity index (χ1) is 9.72. The van der Waals surface area contributed by atoms with Crippen molar-refractivity contribution in [3.63, 3.8) is 0 Å². The van der Waals surface area contributed by atoms with Crippen molar-refractivity contribution in [2.75, 3.05) is 19.5 Å². The maximum absolute atomic E-state index is 11.7. The number of amides is 1. The number of benzene rings is 1. The molecule has 2 rings (SSSR count). The van der Waals surface area contributed by atoms with E-state index in [1.807, 2.05) is 18.2 Å². The minimum atomic E-state index is -0.0865. The standard InChI is InChI=1S/C13H15N3O3S/c1-18-10-5-3-9(7-11(10)19-2)4-6-12(17)16-13-14-8-15-20-13/h3,5,7-8H,4,6H2,1-2H3,(H,14,15,16,17). The monoisotopic (exact) mass is 293 g/mol. The quantitative estimate of drug-likeness (QED) is 0.883. The van der Waals surface area contributed by atoms with Gasteiger partial charge in [0.15, 0.2) is 11.5 Å². The molecule has 0 aliphatic heterocycles. The van der Waals surface area contributed by atoms with E-state index in [4.69, 9.17) is 9.47 Å². The number of nitrogens with one attached hydrogen (secondary N) is 1. The van der Waals surface area contributed by atoms with Crippen molar-refractivity contribution in [2.45, 2.75) is 12.8 Å². The largest absolute Gasteiger partial charge is 0.493 e. The molecular weight excluding hydrogens is 278 g/mol. The zero-order valence-corrected chi connectivity index (χ0v) is 12.1. The second kappa shape index (κ2) is 6.85. The van der Waals surface area contributed by atoms with Crippen LogP contribution in [0.25, 0.3) is 0 Å². The summed E-state index contributed by atoms with van der Waals surface area (Å²) in [5, 5.41) is 3.21. The zero-order valence-electron chi connectivity index (χ0n) is 11.3. The molecule has 1 N–H and O–H groups in total. The number of nitrogens with zero attached hydrogens (tertiary/aromatic N) is 2. The summed E-state index contributed by atoms with van der Waals surface area (Å²) in [6, 6.07) is 5.62. The lowest BCUT2D eigenvalue weighted by Crippen LogP contribution is -2.12. The Balaban J connectivity index is 1.92. The van der Waals surface area contributed by atoms with Crippen LogP contribution >= 0.6 is 11.5 Å². The van der Waals surface area contributed by atoms with Crippen LogP contribution in [0.5, 0.6) is 11.5 Å². The molecule has 0 aliphatic carbocycles. The highest BCUT2D eigenvalue weighted by Crippen LogP contribution is 2.27. The number of anilines is 1. The van der Waals surface area contributed by atoms with Crippen LogP contribution in [0.1, 0.15) is 12.0 Å². The Kier molecular flexibility index (Phi) is 4.89. The van der Waals surface area contributed by atoms with E-state index >= 15 is 0 Å². The Morgan fingerprint density at radius 3 is 2.75 bits per heavy atom. The third-order valence-electron chi connectivity index (χ3n) is 2.70. The van der Waals surface area contributed by atoms with Crippen LogP contribution in [0.3, 0.4) is 0 Å². The average Bonchev–Trinajstić information content (AvgIpc) is 2.97. The second-order valence-electron chi connectivity index (χ2n) is 3.98. The Bertz CT molecular complexity index is 572. The van der Waals surface area contributed by atoms with Gasteiger partial charge in [0.05, 0.1) is 14.2 Å². The van der Waals surface area contributed by atoms with Crippen LogP contribution in [0.2, 0.25) is 0 Å². The van der Waals surface area contributed by atoms with Gasteiger partial charge in [0.25, 0.3) is 0 Å². The van der Waals surface area contributed by atoms with E-state index < -0.39 is 0 Å². The first kappa shape index (κ1) is 14.3. The minimum Gasteiger partial charge on any atom is -0.493 e. The zero-order chi connectivity index (χ0) is 14.4. The summed E-state index contributed by atoms with van der Waals surface area (Å²) in [7, 11) is 3.18. The van der Waals surface area contributed by atoms with E-state index in [1.54, 1.807) is 14.2 Å². The highest BCUT2D eigenvalue weighted by Gasteiger charge is 2.08. The third-order valence-corrected chi connectivity index (χ3v) is 3.28. The van der Waals surface area contributed by atoms with Gasteiger partial charge < -0.3 is 14.8 Å². The minimum absolute atomic E-state index is 0.0865. The van der Waals surface area contributed by atoms with Crippen LogP contribution in [0.4, 0.5) is 5.13 Å². The maximum Gasteiger partial charge on any atom is 0.226 e. The summed E-state index contributed by atoms with van der Waals surface area (Å²) in [6.45, 7) is 0. The molecule has 20 heavy (non-hydrogen) atoms. The maximum atomic E-state index is 11.7. The third kappa shape index (κ3) is 3.67. The van der Waals surface area contributed by atoms with Gasteiger partial charge >= 0.3 is 0 Å². The van der Waals surface area contributed by atoms with Crippen molar-refractivity contribution in [3.8, 4) is 11.5 Å². The summed E-state index contributed by atoms with van der Waals surface area (Å²) >= 11 is 1.15. The molecular formula is C13H15N3O3S. The smallest absolute Gasteiger partial charge is 0.226 e. The van der Waals surface area contributed by atoms with Crippen LogP contribution in [0, 0.1) is 0 Å². The van der Waals surface area contributed by atoms with E-state index in [0.29, 0.717) is 29.5 Å². The molecule has 1 aromatic heterocycles. The SMILES string of the molecule is COc1ccc(CCC(=O)Nc2ncns2)cc1OC. The first-order valence-electron chi connectivity index (χ1n) is 6.00. The van der Waals surface area contributed by atoms with E-state index in [0.717, 1.165) is 17.1 Å². The molecule has 1 amide bonds. The van der Waals surface area contributed by atoms with Gasteiger partial charge in [0.2, 0.25) is 11.0 Å². The van der Waals surface area contributed by atoms with Crippen molar-refractivity contribution in [3.05, 3.63) is 30.1 Å². The van der Waals surface area contributed by atoms with E-state index in [9.17, 15) is 4.79 Å². The van der Waals surface area contributed by atoms with Crippen LogP contribution in [-0.4, -0.2) is 29.5 Å². The van der Waals surface area contributed by atoms with Crippen molar-refractivity contribution in [1.82, 2.24) is 9.36 Å². The van der Waals surface area contributed by atoms with Crippen molar-refractivity contribution in [2.24, 2.45) is 0 Å². The highest BCUT2D eigenvalue weighted by molar-refractivity contribution is 7.09. The fourth-order valence-electron chi connectivity index (χ4n) is 1.70. The number of aromatic nitrogens is 2. The fraction of sp³-hybridized carbons (Fsp3) is 0.308. The average molecular weight is 293 g/mol. The van der Waals surface area contributed by atoms with Gasteiger partial charge in [-0.15, -0.1) is 0 Å². The van der Waals surface area contributed by atoms with E-state index in [1.165, 1.54) is 6.33 Å². The van der Waals surface area contributed by atoms with Gasteiger partial charge in [-0.25, -0.2) is 4.98 Å². The fourth-order valence-corrected chi connectivity index (χ4v) is 2.15. The first-order valence-corrected chi connectivity index (χ1v) is 6.77. The number of ether oxygens (including phenoxy) is 2. The number of hydrogen-bond donors (Lipinski definition) is 1. The number of rotatable bonds is 6. The molecule has 7 heteroatoms. The molecule has 6 nitrogen and oxygen atoms in total. The van der Waals surface area contributed by atoms with Crippen molar-refractivity contribution < 1.29 is 14.3 Å². The number of methoxy groups -OCH3 is 2. The normalized spacial score (nSPS) is 10.1. The summed E-state index contributed by atoms with van der Waals surface area (Å²) < 4.78 is 14.2. The molecule has 0 atom stereocenters. The number of carbonyl (C=O) groups excluding carboxylic acids is 1. The number of aryl methyl sites for hydroxylation is 1. The molecule has 1 heterocycles. The molecule has 106 valence electrons. The Labute approximate surface area is 120 Å². The number of hydrogen-bond acceptors (Lipinski definition) is 6. The van der Waals surface area contributed by atoms with Gasteiger partial charge in [0, 0.05) is 18.0 Å². The number of carbonyl (C=O) groups is 1. The Morgan fingerprint density at radius 2 is 2.10 bits per heavy atom. The second-order valence-corrected chi connectivity index (χ2v) is 4.76. The van der Waals surface area contributed by atoms with Crippen molar-refractivity contribution >= 4 is 22.6 Å². The van der Waals surface area contributed by atoms with Gasteiger partial charge in [-0.05, 0) is 24.1 Å². The Morgan fingerprint density at radius 1 is 1.30 bits per heavy atom. The van der Waals surface area contributed by atoms with Crippen LogP contribution < -0.4 is 14.8 Å².